The standard InChI is InChI=1S/C18H15ClN2O3/c1-23-16-7-6-11(10-13(16)19)21-18(22)17-9-8-15(24-17)12-4-2-3-5-14(12)20/h2-10H,20H2,1H3,(H,21,22). The minimum Gasteiger partial charge on any atom is -0.495 e. The first-order valence-electron chi connectivity index (χ1n) is 7.18. The first-order valence-corrected chi connectivity index (χ1v) is 7.56. The zero-order chi connectivity index (χ0) is 17.1. The Morgan fingerprint density at radius 3 is 2.67 bits per heavy atom. The Hall–Kier alpha value is -2.92. The largest absolute Gasteiger partial charge is 0.495 e. The number of para-hydroxylation sites is 1. The van der Waals surface area contributed by atoms with Crippen LogP contribution in [0.2, 0.25) is 5.02 Å². The van der Waals surface area contributed by atoms with E-state index in [4.69, 9.17) is 26.5 Å². The van der Waals surface area contributed by atoms with E-state index in [2.05, 4.69) is 5.32 Å². The summed E-state index contributed by atoms with van der Waals surface area (Å²) in [4.78, 5) is 12.3. The summed E-state index contributed by atoms with van der Waals surface area (Å²) in [6.45, 7) is 0. The molecular formula is C18H15ClN2O3. The number of amides is 1. The van der Waals surface area contributed by atoms with Gasteiger partial charge in [-0.1, -0.05) is 23.7 Å². The minimum absolute atomic E-state index is 0.181. The number of methoxy groups -OCH3 is 1. The third-order valence-corrected chi connectivity index (χ3v) is 3.76. The Labute approximate surface area is 144 Å². The molecule has 0 aliphatic carbocycles. The van der Waals surface area contributed by atoms with Crippen LogP contribution in [0.15, 0.2) is 59.0 Å². The lowest BCUT2D eigenvalue weighted by molar-refractivity contribution is 0.0997. The smallest absolute Gasteiger partial charge is 0.291 e. The van der Waals surface area contributed by atoms with Gasteiger partial charge in [-0.05, 0) is 42.5 Å². The predicted molar refractivity (Wildman–Crippen MR) is 94.5 cm³/mol. The van der Waals surface area contributed by atoms with Crippen LogP contribution < -0.4 is 15.8 Å². The van der Waals surface area contributed by atoms with Crippen molar-refractivity contribution in [3.63, 3.8) is 0 Å². The molecule has 6 heteroatoms. The van der Waals surface area contributed by atoms with E-state index in [9.17, 15) is 4.79 Å². The van der Waals surface area contributed by atoms with E-state index in [1.165, 1.54) is 7.11 Å². The van der Waals surface area contributed by atoms with Gasteiger partial charge in [0, 0.05) is 16.9 Å². The van der Waals surface area contributed by atoms with Crippen molar-refractivity contribution in [2.75, 3.05) is 18.2 Å². The van der Waals surface area contributed by atoms with Crippen LogP contribution in [0.4, 0.5) is 11.4 Å². The number of benzene rings is 2. The molecule has 0 saturated carbocycles. The van der Waals surface area contributed by atoms with Crippen molar-refractivity contribution in [2.24, 2.45) is 0 Å². The fourth-order valence-electron chi connectivity index (χ4n) is 2.26. The van der Waals surface area contributed by atoms with Crippen molar-refractivity contribution in [2.45, 2.75) is 0 Å². The van der Waals surface area contributed by atoms with Gasteiger partial charge in [0.15, 0.2) is 5.76 Å². The fraction of sp³-hybridized carbons (Fsp3) is 0.0556. The Morgan fingerprint density at radius 2 is 1.96 bits per heavy atom. The number of nitrogens with two attached hydrogens (primary N) is 1. The van der Waals surface area contributed by atoms with E-state index in [-0.39, 0.29) is 11.7 Å². The molecule has 1 aromatic heterocycles. The van der Waals surface area contributed by atoms with Crippen LogP contribution in [0.3, 0.4) is 0 Å². The third kappa shape index (κ3) is 3.21. The molecule has 0 bridgehead atoms. The molecule has 1 amide bonds. The molecule has 0 spiro atoms. The van der Waals surface area contributed by atoms with Crippen molar-refractivity contribution in [3.8, 4) is 17.1 Å². The SMILES string of the molecule is COc1ccc(NC(=O)c2ccc(-c3ccccc3N)o2)cc1Cl. The molecule has 3 aromatic rings. The number of hydrogen-bond donors (Lipinski definition) is 2. The predicted octanol–water partition coefficient (Wildman–Crippen LogP) is 4.44. The summed E-state index contributed by atoms with van der Waals surface area (Å²) in [5.74, 6) is 0.873. The molecule has 3 rings (SSSR count). The molecule has 1 heterocycles. The zero-order valence-electron chi connectivity index (χ0n) is 12.9. The Morgan fingerprint density at radius 1 is 1.17 bits per heavy atom. The van der Waals surface area contributed by atoms with E-state index in [1.807, 2.05) is 18.2 Å². The Balaban J connectivity index is 1.79. The average molecular weight is 343 g/mol. The highest BCUT2D eigenvalue weighted by Crippen LogP contribution is 2.29. The van der Waals surface area contributed by atoms with Gasteiger partial charge in [0.2, 0.25) is 0 Å². The molecule has 3 N–H and O–H groups in total. The van der Waals surface area contributed by atoms with Crippen LogP contribution in [0, 0.1) is 0 Å². The zero-order valence-corrected chi connectivity index (χ0v) is 13.6. The van der Waals surface area contributed by atoms with Crippen LogP contribution >= 0.6 is 11.6 Å². The summed E-state index contributed by atoms with van der Waals surface area (Å²) in [5.41, 5.74) is 7.79. The number of furan rings is 1. The van der Waals surface area contributed by atoms with Crippen LogP contribution in [0.25, 0.3) is 11.3 Å². The van der Waals surface area contributed by atoms with E-state index < -0.39 is 0 Å². The highest BCUT2D eigenvalue weighted by molar-refractivity contribution is 6.32. The lowest BCUT2D eigenvalue weighted by atomic mass is 10.1. The lowest BCUT2D eigenvalue weighted by Crippen LogP contribution is -2.10. The summed E-state index contributed by atoms with van der Waals surface area (Å²) in [6.07, 6.45) is 0. The maximum atomic E-state index is 12.3. The molecule has 24 heavy (non-hydrogen) atoms. The Kier molecular flexibility index (Phi) is 4.44. The van der Waals surface area contributed by atoms with Crippen LogP contribution in [-0.2, 0) is 0 Å². The molecule has 0 aliphatic heterocycles. The van der Waals surface area contributed by atoms with E-state index in [0.717, 1.165) is 5.56 Å². The molecule has 2 aromatic carbocycles. The molecule has 5 nitrogen and oxygen atoms in total. The number of ether oxygens (including phenoxy) is 1. The topological polar surface area (TPSA) is 77.5 Å². The summed E-state index contributed by atoms with van der Waals surface area (Å²) in [5, 5.41) is 3.14. The Bertz CT molecular complexity index is 889. The van der Waals surface area contributed by atoms with E-state index >= 15 is 0 Å². The maximum Gasteiger partial charge on any atom is 0.291 e. The lowest BCUT2D eigenvalue weighted by Gasteiger charge is -2.07. The quantitative estimate of drug-likeness (QED) is 0.687. The number of nitrogen functional groups attached to an aromatic ring is 1. The van der Waals surface area contributed by atoms with Gasteiger partial charge in [-0.3, -0.25) is 4.79 Å². The van der Waals surface area contributed by atoms with Gasteiger partial charge in [-0.2, -0.15) is 0 Å². The molecule has 0 fully saturated rings. The summed E-state index contributed by atoms with van der Waals surface area (Å²) < 4.78 is 10.7. The third-order valence-electron chi connectivity index (χ3n) is 3.47. The van der Waals surface area contributed by atoms with Crippen molar-refractivity contribution in [1.82, 2.24) is 0 Å². The molecule has 0 aliphatic rings. The second kappa shape index (κ2) is 6.68. The van der Waals surface area contributed by atoms with Crippen LogP contribution in [-0.4, -0.2) is 13.0 Å². The molecule has 0 saturated heterocycles. The second-order valence-corrected chi connectivity index (χ2v) is 5.46. The number of carbonyl (C=O) groups excluding carboxylic acids is 1. The number of halogens is 1. The molecular weight excluding hydrogens is 328 g/mol. The van der Waals surface area contributed by atoms with Gasteiger partial charge in [0.05, 0.1) is 12.1 Å². The van der Waals surface area contributed by atoms with Gasteiger partial charge >= 0.3 is 0 Å². The first kappa shape index (κ1) is 16.0. The van der Waals surface area contributed by atoms with Gasteiger partial charge < -0.3 is 20.2 Å². The highest BCUT2D eigenvalue weighted by atomic mass is 35.5. The minimum atomic E-state index is -0.378. The fourth-order valence-corrected chi connectivity index (χ4v) is 2.52. The molecule has 0 radical (unpaired) electrons. The maximum absolute atomic E-state index is 12.3. The van der Waals surface area contributed by atoms with Crippen molar-refractivity contribution in [1.29, 1.82) is 0 Å². The van der Waals surface area contributed by atoms with Crippen LogP contribution in [0.1, 0.15) is 10.6 Å². The van der Waals surface area contributed by atoms with Gasteiger partial charge in [-0.25, -0.2) is 0 Å². The number of anilines is 2. The number of nitrogens with one attached hydrogen (secondary N) is 1. The normalized spacial score (nSPS) is 10.4. The summed E-state index contributed by atoms with van der Waals surface area (Å²) in [6, 6.07) is 15.6. The van der Waals surface area contributed by atoms with E-state index in [0.29, 0.717) is 27.9 Å². The van der Waals surface area contributed by atoms with Gasteiger partial charge in [0.1, 0.15) is 11.5 Å². The number of hydrogen-bond acceptors (Lipinski definition) is 4. The summed E-state index contributed by atoms with van der Waals surface area (Å²) >= 11 is 6.05. The number of carbonyl (C=O) groups is 1. The van der Waals surface area contributed by atoms with Gasteiger partial charge in [-0.15, -0.1) is 0 Å². The summed E-state index contributed by atoms with van der Waals surface area (Å²) in [7, 11) is 1.53. The number of rotatable bonds is 4. The van der Waals surface area contributed by atoms with Crippen molar-refractivity contribution >= 4 is 28.9 Å². The molecule has 0 atom stereocenters. The highest BCUT2D eigenvalue weighted by Gasteiger charge is 2.14. The van der Waals surface area contributed by atoms with Crippen molar-refractivity contribution in [3.05, 3.63) is 65.4 Å². The monoisotopic (exact) mass is 342 g/mol. The first-order chi connectivity index (χ1) is 11.6. The van der Waals surface area contributed by atoms with E-state index in [1.54, 1.807) is 36.4 Å². The molecule has 0 unspecified atom stereocenters. The van der Waals surface area contributed by atoms with Gasteiger partial charge in [0.25, 0.3) is 5.91 Å². The molecule has 122 valence electrons. The van der Waals surface area contributed by atoms with Crippen LogP contribution in [0.5, 0.6) is 5.75 Å². The van der Waals surface area contributed by atoms with Crippen molar-refractivity contribution < 1.29 is 13.9 Å². The average Bonchev–Trinajstić information content (AvgIpc) is 3.05. The second-order valence-electron chi connectivity index (χ2n) is 5.05.